The van der Waals surface area contributed by atoms with Crippen LogP contribution in [0.2, 0.25) is 0 Å². The number of pyridine rings is 1. The number of H-pyrrole nitrogens is 1. The molecule has 94 valence electrons. The van der Waals surface area contributed by atoms with Gasteiger partial charge in [0.25, 0.3) is 5.91 Å². The monoisotopic (exact) mass is 244 g/mol. The molecular weight excluding hydrogens is 228 g/mol. The van der Waals surface area contributed by atoms with Crippen LogP contribution in [-0.2, 0) is 13.0 Å². The Morgan fingerprint density at radius 3 is 3.00 bits per heavy atom. The lowest BCUT2D eigenvalue weighted by atomic mass is 10.2. The zero-order valence-corrected chi connectivity index (χ0v) is 10.5. The number of nitrogens with zero attached hydrogens (tertiary/aromatic N) is 2. The van der Waals surface area contributed by atoms with Crippen molar-refractivity contribution in [3.63, 3.8) is 0 Å². The smallest absolute Gasteiger partial charge is 0.270 e. The van der Waals surface area contributed by atoms with Gasteiger partial charge in [0.05, 0.1) is 18.4 Å². The van der Waals surface area contributed by atoms with Crippen LogP contribution in [0.1, 0.15) is 34.2 Å². The molecule has 0 aliphatic carbocycles. The Kier molecular flexibility index (Phi) is 3.72. The van der Waals surface area contributed by atoms with E-state index in [1.165, 1.54) is 0 Å². The third-order valence-electron chi connectivity index (χ3n) is 2.82. The van der Waals surface area contributed by atoms with Crippen molar-refractivity contribution in [3.8, 4) is 0 Å². The minimum atomic E-state index is -0.167. The van der Waals surface area contributed by atoms with Gasteiger partial charge in [-0.25, -0.2) is 0 Å². The molecule has 0 radical (unpaired) electrons. The summed E-state index contributed by atoms with van der Waals surface area (Å²) in [5, 5.41) is 9.58. The van der Waals surface area contributed by atoms with E-state index in [1.54, 1.807) is 12.4 Å². The van der Waals surface area contributed by atoms with Crippen molar-refractivity contribution < 1.29 is 4.79 Å². The molecule has 2 rings (SSSR count). The van der Waals surface area contributed by atoms with Crippen LogP contribution < -0.4 is 5.32 Å². The molecule has 5 heteroatoms. The van der Waals surface area contributed by atoms with Gasteiger partial charge < -0.3 is 5.32 Å². The molecule has 2 heterocycles. The molecule has 0 atom stereocenters. The predicted octanol–water partition coefficient (Wildman–Crippen LogP) is 1.61. The first-order valence-electron chi connectivity index (χ1n) is 5.92. The van der Waals surface area contributed by atoms with Crippen LogP contribution in [0.4, 0.5) is 0 Å². The average molecular weight is 244 g/mol. The second-order valence-electron chi connectivity index (χ2n) is 4.12. The lowest BCUT2D eigenvalue weighted by molar-refractivity contribution is 0.0945. The normalized spacial score (nSPS) is 10.3. The molecule has 2 aromatic heterocycles. The highest BCUT2D eigenvalue weighted by molar-refractivity contribution is 5.92. The number of carbonyl (C=O) groups excluding carboxylic acids is 1. The highest BCUT2D eigenvalue weighted by Gasteiger charge is 2.08. The minimum absolute atomic E-state index is 0.167. The predicted molar refractivity (Wildman–Crippen MR) is 68.1 cm³/mol. The summed E-state index contributed by atoms with van der Waals surface area (Å²) in [4.78, 5) is 16.0. The summed E-state index contributed by atoms with van der Waals surface area (Å²) in [6, 6.07) is 3.73. The average Bonchev–Trinajstić information content (AvgIpc) is 2.81. The van der Waals surface area contributed by atoms with Gasteiger partial charge in [0.2, 0.25) is 0 Å². The number of aryl methyl sites for hydroxylation is 2. The maximum absolute atomic E-state index is 11.9. The molecule has 0 spiro atoms. The quantitative estimate of drug-likeness (QED) is 0.858. The molecule has 0 fully saturated rings. The number of aromatic amines is 1. The van der Waals surface area contributed by atoms with Gasteiger partial charge in [0.1, 0.15) is 5.69 Å². The molecule has 18 heavy (non-hydrogen) atoms. The molecule has 0 bridgehead atoms. The molecule has 0 aliphatic heterocycles. The molecule has 0 unspecified atom stereocenters. The Bertz CT molecular complexity index is 547. The van der Waals surface area contributed by atoms with Crippen molar-refractivity contribution in [3.05, 3.63) is 47.0 Å². The number of hydrogen-bond acceptors (Lipinski definition) is 3. The fourth-order valence-electron chi connectivity index (χ4n) is 1.63. The van der Waals surface area contributed by atoms with Gasteiger partial charge in [-0.1, -0.05) is 6.92 Å². The van der Waals surface area contributed by atoms with Crippen molar-refractivity contribution in [1.82, 2.24) is 20.5 Å². The molecule has 1 amide bonds. The van der Waals surface area contributed by atoms with E-state index >= 15 is 0 Å². The third-order valence-corrected chi connectivity index (χ3v) is 2.82. The number of amides is 1. The van der Waals surface area contributed by atoms with E-state index in [0.29, 0.717) is 12.2 Å². The maximum Gasteiger partial charge on any atom is 0.270 e. The molecule has 2 aromatic rings. The first-order valence-corrected chi connectivity index (χ1v) is 5.92. The zero-order chi connectivity index (χ0) is 13.0. The van der Waals surface area contributed by atoms with Gasteiger partial charge in [-0.15, -0.1) is 0 Å². The number of hydrogen-bond donors (Lipinski definition) is 2. The highest BCUT2D eigenvalue weighted by atomic mass is 16.1. The van der Waals surface area contributed by atoms with Crippen LogP contribution in [0, 0.1) is 6.92 Å². The van der Waals surface area contributed by atoms with Gasteiger partial charge in [-0.3, -0.25) is 14.9 Å². The summed E-state index contributed by atoms with van der Waals surface area (Å²) >= 11 is 0. The number of nitrogens with one attached hydrogen (secondary N) is 2. The Labute approximate surface area is 106 Å². The molecule has 5 nitrogen and oxygen atoms in total. The van der Waals surface area contributed by atoms with E-state index in [2.05, 4.69) is 20.5 Å². The topological polar surface area (TPSA) is 70.7 Å². The lowest BCUT2D eigenvalue weighted by Crippen LogP contribution is -2.24. The zero-order valence-electron chi connectivity index (χ0n) is 10.5. The first kappa shape index (κ1) is 12.3. The minimum Gasteiger partial charge on any atom is -0.345 e. The summed E-state index contributed by atoms with van der Waals surface area (Å²) < 4.78 is 0. The summed E-state index contributed by atoms with van der Waals surface area (Å²) in [6.07, 6.45) is 4.29. The standard InChI is InChI=1S/C13H16N4O/c1-3-10-4-5-14-11(6-10)13(18)15-8-12-9(2)7-16-17-12/h4-7H,3,8H2,1-2H3,(H,15,18)(H,16,17). The molecular formula is C13H16N4O. The number of carbonyl (C=O) groups is 1. The SMILES string of the molecule is CCc1ccnc(C(=O)NCc2[nH]ncc2C)c1. The van der Waals surface area contributed by atoms with Crippen LogP contribution in [0.3, 0.4) is 0 Å². The maximum atomic E-state index is 11.9. The van der Waals surface area contributed by atoms with Crippen molar-refractivity contribution in [2.75, 3.05) is 0 Å². The van der Waals surface area contributed by atoms with Crippen LogP contribution in [0.15, 0.2) is 24.5 Å². The van der Waals surface area contributed by atoms with Gasteiger partial charge in [-0.05, 0) is 36.6 Å². The van der Waals surface area contributed by atoms with E-state index in [1.807, 2.05) is 26.0 Å². The molecule has 0 aromatic carbocycles. The third kappa shape index (κ3) is 2.74. The molecule has 0 saturated heterocycles. The summed E-state index contributed by atoms with van der Waals surface area (Å²) in [6.45, 7) is 4.43. The van der Waals surface area contributed by atoms with Gasteiger partial charge in [0, 0.05) is 6.20 Å². The largest absolute Gasteiger partial charge is 0.345 e. The van der Waals surface area contributed by atoms with E-state index in [0.717, 1.165) is 23.2 Å². The summed E-state index contributed by atoms with van der Waals surface area (Å²) in [5.74, 6) is -0.167. The number of rotatable bonds is 4. The lowest BCUT2D eigenvalue weighted by Gasteiger charge is -2.05. The van der Waals surface area contributed by atoms with Gasteiger partial charge in [-0.2, -0.15) is 5.10 Å². The van der Waals surface area contributed by atoms with Crippen molar-refractivity contribution in [2.24, 2.45) is 0 Å². The van der Waals surface area contributed by atoms with Crippen molar-refractivity contribution in [1.29, 1.82) is 0 Å². The van der Waals surface area contributed by atoms with Gasteiger partial charge in [0.15, 0.2) is 0 Å². The van der Waals surface area contributed by atoms with E-state index in [-0.39, 0.29) is 5.91 Å². The van der Waals surface area contributed by atoms with Crippen molar-refractivity contribution in [2.45, 2.75) is 26.8 Å². The highest BCUT2D eigenvalue weighted by Crippen LogP contribution is 2.04. The van der Waals surface area contributed by atoms with E-state index in [9.17, 15) is 4.79 Å². The molecule has 0 aliphatic rings. The Morgan fingerprint density at radius 1 is 1.50 bits per heavy atom. The van der Waals surface area contributed by atoms with E-state index in [4.69, 9.17) is 0 Å². The first-order chi connectivity index (χ1) is 8.70. The van der Waals surface area contributed by atoms with E-state index < -0.39 is 0 Å². The number of aromatic nitrogens is 3. The fourth-order valence-corrected chi connectivity index (χ4v) is 1.63. The van der Waals surface area contributed by atoms with Crippen LogP contribution >= 0.6 is 0 Å². The molecule has 0 saturated carbocycles. The van der Waals surface area contributed by atoms with Crippen molar-refractivity contribution >= 4 is 5.91 Å². The fraction of sp³-hybridized carbons (Fsp3) is 0.308. The van der Waals surface area contributed by atoms with Gasteiger partial charge >= 0.3 is 0 Å². The molecule has 2 N–H and O–H groups in total. The summed E-state index contributed by atoms with van der Waals surface area (Å²) in [5.41, 5.74) is 3.50. The summed E-state index contributed by atoms with van der Waals surface area (Å²) in [7, 11) is 0. The Hall–Kier alpha value is -2.17. The van der Waals surface area contributed by atoms with Crippen LogP contribution in [0.5, 0.6) is 0 Å². The second kappa shape index (κ2) is 5.44. The second-order valence-corrected chi connectivity index (χ2v) is 4.12. The van der Waals surface area contributed by atoms with Crippen LogP contribution in [-0.4, -0.2) is 21.1 Å². The Morgan fingerprint density at radius 2 is 2.33 bits per heavy atom. The van der Waals surface area contributed by atoms with Crippen LogP contribution in [0.25, 0.3) is 0 Å². The Balaban J connectivity index is 2.01.